The van der Waals surface area contributed by atoms with E-state index in [0.29, 0.717) is 28.8 Å². The van der Waals surface area contributed by atoms with E-state index >= 15 is 0 Å². The molecule has 1 amide bonds. The minimum Gasteiger partial charge on any atom is -0.282 e. The van der Waals surface area contributed by atoms with Crippen LogP contribution in [0.1, 0.15) is 21.5 Å². The number of amides is 1. The van der Waals surface area contributed by atoms with E-state index in [2.05, 4.69) is 10.1 Å². The van der Waals surface area contributed by atoms with Crippen LogP contribution in [0, 0.1) is 13.8 Å². The zero-order valence-electron chi connectivity index (χ0n) is 15.6. The third kappa shape index (κ3) is 3.66. The van der Waals surface area contributed by atoms with Gasteiger partial charge in [-0.05, 0) is 55.3 Å². The molecule has 28 heavy (non-hydrogen) atoms. The Morgan fingerprint density at radius 1 is 1.18 bits per heavy atom. The standard InChI is InChI=1S/C21H19ClN4OS/c1-14-7-8-16(13-15(14)2)20(27)26(12-11-25-10-4-9-23-25)21-24-19-17(22)5-3-6-18(19)28-21/h3-10,13H,11-12H2,1-2H3. The summed E-state index contributed by atoms with van der Waals surface area (Å²) >= 11 is 7.76. The van der Waals surface area contributed by atoms with Crippen LogP contribution in [-0.2, 0) is 6.54 Å². The lowest BCUT2D eigenvalue weighted by Crippen LogP contribution is -2.34. The lowest BCUT2D eigenvalue weighted by Gasteiger charge is -2.20. The molecule has 0 saturated carbocycles. The van der Waals surface area contributed by atoms with Gasteiger partial charge >= 0.3 is 0 Å². The van der Waals surface area contributed by atoms with Gasteiger partial charge in [0.2, 0.25) is 0 Å². The molecular weight excluding hydrogens is 392 g/mol. The highest BCUT2D eigenvalue weighted by Crippen LogP contribution is 2.33. The van der Waals surface area contributed by atoms with Gasteiger partial charge in [-0.3, -0.25) is 14.4 Å². The van der Waals surface area contributed by atoms with Gasteiger partial charge in [-0.25, -0.2) is 4.98 Å². The van der Waals surface area contributed by atoms with Gasteiger partial charge in [0.05, 0.1) is 16.3 Å². The maximum atomic E-state index is 13.4. The molecule has 0 spiro atoms. The number of anilines is 1. The van der Waals surface area contributed by atoms with Crippen LogP contribution in [0.3, 0.4) is 0 Å². The number of benzene rings is 2. The van der Waals surface area contributed by atoms with Crippen molar-refractivity contribution >= 4 is 44.2 Å². The predicted octanol–water partition coefficient (Wildman–Crippen LogP) is 5.11. The van der Waals surface area contributed by atoms with E-state index in [1.165, 1.54) is 11.3 Å². The van der Waals surface area contributed by atoms with Gasteiger partial charge in [0.25, 0.3) is 5.91 Å². The Labute approximate surface area is 172 Å². The number of halogens is 1. The number of hydrogen-bond donors (Lipinski definition) is 0. The molecule has 5 nitrogen and oxygen atoms in total. The lowest BCUT2D eigenvalue weighted by molar-refractivity contribution is 0.0985. The molecule has 2 aromatic carbocycles. The van der Waals surface area contributed by atoms with Crippen molar-refractivity contribution < 1.29 is 4.79 Å². The first-order valence-corrected chi connectivity index (χ1v) is 10.1. The van der Waals surface area contributed by atoms with E-state index in [0.717, 1.165) is 21.3 Å². The number of rotatable bonds is 5. The highest BCUT2D eigenvalue weighted by molar-refractivity contribution is 7.22. The molecule has 0 aliphatic rings. The summed E-state index contributed by atoms with van der Waals surface area (Å²) in [6.07, 6.45) is 3.61. The van der Waals surface area contributed by atoms with Gasteiger partial charge in [0, 0.05) is 24.5 Å². The van der Waals surface area contributed by atoms with Gasteiger partial charge in [0.1, 0.15) is 5.52 Å². The average Bonchev–Trinajstić information content (AvgIpc) is 3.34. The summed E-state index contributed by atoms with van der Waals surface area (Å²) < 4.78 is 2.76. The van der Waals surface area contributed by atoms with Crippen LogP contribution in [0.5, 0.6) is 0 Å². The quantitative estimate of drug-likeness (QED) is 0.459. The molecule has 2 heterocycles. The number of carbonyl (C=O) groups is 1. The fourth-order valence-electron chi connectivity index (χ4n) is 2.97. The Hall–Kier alpha value is -2.70. The predicted molar refractivity (Wildman–Crippen MR) is 114 cm³/mol. The summed E-state index contributed by atoms with van der Waals surface area (Å²) in [5.74, 6) is -0.0783. The Bertz CT molecular complexity index is 1140. The monoisotopic (exact) mass is 410 g/mol. The van der Waals surface area contributed by atoms with Crippen molar-refractivity contribution in [3.63, 3.8) is 0 Å². The first kappa shape index (κ1) is 18.7. The van der Waals surface area contributed by atoms with Crippen LogP contribution in [0.25, 0.3) is 10.2 Å². The second-order valence-corrected chi connectivity index (χ2v) is 8.02. The molecule has 0 saturated heterocycles. The molecule has 0 aliphatic carbocycles. The fourth-order valence-corrected chi connectivity index (χ4v) is 4.26. The number of fused-ring (bicyclic) bond motifs is 1. The van der Waals surface area contributed by atoms with Crippen molar-refractivity contribution in [3.05, 3.63) is 76.6 Å². The summed E-state index contributed by atoms with van der Waals surface area (Å²) in [4.78, 5) is 19.7. The van der Waals surface area contributed by atoms with Crippen molar-refractivity contribution in [2.24, 2.45) is 0 Å². The highest BCUT2D eigenvalue weighted by Gasteiger charge is 2.22. The molecule has 0 aliphatic heterocycles. The van der Waals surface area contributed by atoms with Gasteiger partial charge in [-0.2, -0.15) is 5.10 Å². The normalized spacial score (nSPS) is 11.1. The van der Waals surface area contributed by atoms with Crippen molar-refractivity contribution in [3.8, 4) is 0 Å². The maximum Gasteiger partial charge on any atom is 0.260 e. The SMILES string of the molecule is Cc1ccc(C(=O)N(CCn2cccn2)c2nc3c(Cl)cccc3s2)cc1C. The number of aryl methyl sites for hydroxylation is 2. The van der Waals surface area contributed by atoms with E-state index in [-0.39, 0.29) is 5.91 Å². The highest BCUT2D eigenvalue weighted by atomic mass is 35.5. The molecule has 0 bridgehead atoms. The van der Waals surface area contributed by atoms with Crippen molar-refractivity contribution in [2.45, 2.75) is 20.4 Å². The number of thiazole rings is 1. The molecule has 0 N–H and O–H groups in total. The molecule has 4 rings (SSSR count). The summed E-state index contributed by atoms with van der Waals surface area (Å²) in [6, 6.07) is 13.3. The van der Waals surface area contributed by atoms with E-state index in [1.54, 1.807) is 15.8 Å². The molecule has 2 aromatic heterocycles. The van der Waals surface area contributed by atoms with Crippen LogP contribution in [0.4, 0.5) is 5.13 Å². The van der Waals surface area contributed by atoms with E-state index in [4.69, 9.17) is 11.6 Å². The average molecular weight is 411 g/mol. The Kier molecular flexibility index (Phi) is 5.15. The third-order valence-electron chi connectivity index (χ3n) is 4.70. The van der Waals surface area contributed by atoms with E-state index < -0.39 is 0 Å². The smallest absolute Gasteiger partial charge is 0.260 e. The number of nitrogens with zero attached hydrogens (tertiary/aromatic N) is 4. The van der Waals surface area contributed by atoms with Crippen LogP contribution in [0.2, 0.25) is 5.02 Å². The van der Waals surface area contributed by atoms with Crippen molar-refractivity contribution in [1.29, 1.82) is 0 Å². The van der Waals surface area contributed by atoms with Crippen molar-refractivity contribution in [2.75, 3.05) is 11.4 Å². The molecule has 7 heteroatoms. The summed E-state index contributed by atoms with van der Waals surface area (Å²) in [6.45, 7) is 5.09. The number of aromatic nitrogens is 3. The third-order valence-corrected chi connectivity index (χ3v) is 6.05. The van der Waals surface area contributed by atoms with E-state index in [9.17, 15) is 4.79 Å². The second kappa shape index (κ2) is 7.73. The molecule has 0 fully saturated rings. The number of carbonyl (C=O) groups excluding carboxylic acids is 1. The molecule has 142 valence electrons. The van der Waals surface area contributed by atoms with Gasteiger partial charge in [-0.15, -0.1) is 0 Å². The van der Waals surface area contributed by atoms with Gasteiger partial charge in [-0.1, -0.05) is 35.1 Å². The van der Waals surface area contributed by atoms with Crippen LogP contribution < -0.4 is 4.90 Å². The molecule has 0 radical (unpaired) electrons. The molecule has 4 aromatic rings. The number of para-hydroxylation sites is 1. The van der Waals surface area contributed by atoms with Crippen LogP contribution in [0.15, 0.2) is 54.9 Å². The largest absolute Gasteiger partial charge is 0.282 e. The molecule has 0 atom stereocenters. The zero-order chi connectivity index (χ0) is 19.7. The second-order valence-electron chi connectivity index (χ2n) is 6.61. The summed E-state index contributed by atoms with van der Waals surface area (Å²) in [5, 5.41) is 5.46. The summed E-state index contributed by atoms with van der Waals surface area (Å²) in [7, 11) is 0. The maximum absolute atomic E-state index is 13.4. The zero-order valence-corrected chi connectivity index (χ0v) is 17.2. The summed E-state index contributed by atoms with van der Waals surface area (Å²) in [5.41, 5.74) is 3.62. The first-order valence-electron chi connectivity index (χ1n) is 8.94. The minimum absolute atomic E-state index is 0.0783. The van der Waals surface area contributed by atoms with Gasteiger partial charge in [0.15, 0.2) is 5.13 Å². The Morgan fingerprint density at radius 3 is 2.75 bits per heavy atom. The lowest BCUT2D eigenvalue weighted by atomic mass is 10.1. The van der Waals surface area contributed by atoms with Crippen molar-refractivity contribution in [1.82, 2.24) is 14.8 Å². The molecular formula is C21H19ClN4OS. The Balaban J connectivity index is 1.72. The fraction of sp³-hybridized carbons (Fsp3) is 0.190. The van der Waals surface area contributed by atoms with E-state index in [1.807, 2.05) is 62.5 Å². The van der Waals surface area contributed by atoms with Crippen LogP contribution in [-0.4, -0.2) is 27.2 Å². The Morgan fingerprint density at radius 2 is 2.04 bits per heavy atom. The molecule has 0 unspecified atom stereocenters. The first-order chi connectivity index (χ1) is 13.5. The van der Waals surface area contributed by atoms with Gasteiger partial charge < -0.3 is 0 Å². The number of hydrogen-bond acceptors (Lipinski definition) is 4. The topological polar surface area (TPSA) is 51.0 Å². The van der Waals surface area contributed by atoms with Crippen LogP contribution >= 0.6 is 22.9 Å². The minimum atomic E-state index is -0.0783.